The zero-order valence-electron chi connectivity index (χ0n) is 11.0. The number of thiophene rings is 1. The smallest absolute Gasteiger partial charge is 0.266 e. The van der Waals surface area contributed by atoms with Crippen LogP contribution in [-0.2, 0) is 4.79 Å². The average Bonchev–Trinajstić information content (AvgIpc) is 2.84. The molecule has 1 N–H and O–H groups in total. The van der Waals surface area contributed by atoms with E-state index in [1.807, 2.05) is 18.4 Å². The first-order chi connectivity index (χ1) is 10.0. The maximum atomic E-state index is 13.5. The van der Waals surface area contributed by atoms with E-state index in [1.54, 1.807) is 6.07 Å². The van der Waals surface area contributed by atoms with Crippen LogP contribution in [0.25, 0.3) is 6.08 Å². The molecule has 106 valence electrons. The molecule has 0 atom stereocenters. The third-order valence-electron chi connectivity index (χ3n) is 2.72. The van der Waals surface area contributed by atoms with Crippen molar-refractivity contribution in [2.75, 3.05) is 5.32 Å². The van der Waals surface area contributed by atoms with E-state index in [2.05, 4.69) is 5.32 Å². The molecule has 0 aliphatic rings. The molecule has 1 amide bonds. The maximum absolute atomic E-state index is 13.5. The van der Waals surface area contributed by atoms with Crippen LogP contribution < -0.4 is 5.32 Å². The number of nitriles is 1. The van der Waals surface area contributed by atoms with Gasteiger partial charge in [0.15, 0.2) is 0 Å². The lowest BCUT2D eigenvalue weighted by Gasteiger charge is -2.05. The number of aryl methyl sites for hydroxylation is 1. The first-order valence-electron chi connectivity index (χ1n) is 5.93. The van der Waals surface area contributed by atoms with E-state index < -0.39 is 17.5 Å². The van der Waals surface area contributed by atoms with Gasteiger partial charge in [-0.2, -0.15) is 5.26 Å². The molecular formula is C15H10F2N2OS. The minimum absolute atomic E-state index is 0.149. The molecule has 2 rings (SSSR count). The fraction of sp³-hybridized carbons (Fsp3) is 0.0667. The normalized spacial score (nSPS) is 11.0. The van der Waals surface area contributed by atoms with Crippen molar-refractivity contribution in [3.05, 3.63) is 57.3 Å². The summed E-state index contributed by atoms with van der Waals surface area (Å²) in [7, 11) is 0. The fourth-order valence-corrected chi connectivity index (χ4v) is 2.45. The summed E-state index contributed by atoms with van der Waals surface area (Å²) >= 11 is 1.39. The lowest BCUT2D eigenvalue weighted by atomic mass is 10.2. The van der Waals surface area contributed by atoms with Crippen molar-refractivity contribution in [1.82, 2.24) is 0 Å². The Kier molecular flexibility index (Phi) is 4.45. The number of hydrogen-bond acceptors (Lipinski definition) is 3. The van der Waals surface area contributed by atoms with Gasteiger partial charge in [-0.25, -0.2) is 8.78 Å². The number of hydrogen-bond donors (Lipinski definition) is 1. The Hall–Kier alpha value is -2.52. The number of carbonyl (C=O) groups is 1. The molecule has 0 saturated heterocycles. The lowest BCUT2D eigenvalue weighted by Crippen LogP contribution is -2.14. The number of benzene rings is 1. The third kappa shape index (κ3) is 3.52. The van der Waals surface area contributed by atoms with Crippen LogP contribution in [0.4, 0.5) is 14.5 Å². The van der Waals surface area contributed by atoms with Gasteiger partial charge in [0.2, 0.25) is 0 Å². The summed E-state index contributed by atoms with van der Waals surface area (Å²) in [5.41, 5.74) is 0.614. The monoisotopic (exact) mass is 304 g/mol. The molecule has 21 heavy (non-hydrogen) atoms. The molecule has 0 aliphatic heterocycles. The topological polar surface area (TPSA) is 52.9 Å². The summed E-state index contributed by atoms with van der Waals surface area (Å²) in [6.07, 6.45) is 1.44. The fourth-order valence-electron chi connectivity index (χ4n) is 1.59. The van der Waals surface area contributed by atoms with Gasteiger partial charge >= 0.3 is 0 Å². The molecule has 0 unspecified atom stereocenters. The highest BCUT2D eigenvalue weighted by Crippen LogP contribution is 2.20. The predicted molar refractivity (Wildman–Crippen MR) is 77.6 cm³/mol. The number of halogens is 2. The SMILES string of the molecule is Cc1ccsc1/C=C(\C#N)C(=O)Nc1ccc(F)cc1F. The molecular weight excluding hydrogens is 294 g/mol. The second-order valence-electron chi connectivity index (χ2n) is 4.22. The van der Waals surface area contributed by atoms with Crippen LogP contribution in [0, 0.1) is 29.9 Å². The summed E-state index contributed by atoms with van der Waals surface area (Å²) in [4.78, 5) is 12.7. The van der Waals surface area contributed by atoms with Gasteiger partial charge in [-0.15, -0.1) is 11.3 Å². The molecule has 1 aromatic heterocycles. The van der Waals surface area contributed by atoms with Gasteiger partial charge < -0.3 is 5.32 Å². The number of nitrogens with zero attached hydrogens (tertiary/aromatic N) is 1. The second-order valence-corrected chi connectivity index (χ2v) is 5.16. The highest BCUT2D eigenvalue weighted by molar-refractivity contribution is 7.11. The minimum Gasteiger partial charge on any atom is -0.319 e. The molecule has 1 heterocycles. The van der Waals surface area contributed by atoms with Crippen molar-refractivity contribution in [2.45, 2.75) is 6.92 Å². The highest BCUT2D eigenvalue weighted by Gasteiger charge is 2.13. The van der Waals surface area contributed by atoms with E-state index in [-0.39, 0.29) is 11.3 Å². The molecule has 0 saturated carbocycles. The van der Waals surface area contributed by atoms with Crippen molar-refractivity contribution < 1.29 is 13.6 Å². The Morgan fingerprint density at radius 3 is 2.71 bits per heavy atom. The van der Waals surface area contributed by atoms with Crippen molar-refractivity contribution >= 4 is 29.0 Å². The van der Waals surface area contributed by atoms with Gasteiger partial charge in [0.1, 0.15) is 23.3 Å². The highest BCUT2D eigenvalue weighted by atomic mass is 32.1. The molecule has 1 aromatic carbocycles. The number of nitrogens with one attached hydrogen (secondary N) is 1. The van der Waals surface area contributed by atoms with Crippen molar-refractivity contribution in [1.29, 1.82) is 5.26 Å². The zero-order valence-corrected chi connectivity index (χ0v) is 11.8. The number of carbonyl (C=O) groups excluding carboxylic acids is 1. The van der Waals surface area contributed by atoms with E-state index in [1.165, 1.54) is 17.4 Å². The van der Waals surface area contributed by atoms with Gasteiger partial charge in [0.25, 0.3) is 5.91 Å². The van der Waals surface area contributed by atoms with Crippen LogP contribution in [-0.4, -0.2) is 5.91 Å². The van der Waals surface area contributed by atoms with Crippen LogP contribution in [0.15, 0.2) is 35.2 Å². The summed E-state index contributed by atoms with van der Waals surface area (Å²) in [5.74, 6) is -2.38. The summed E-state index contributed by atoms with van der Waals surface area (Å²) in [6.45, 7) is 1.86. The molecule has 0 bridgehead atoms. The summed E-state index contributed by atoms with van der Waals surface area (Å²) < 4.78 is 26.3. The Balaban J connectivity index is 2.24. The largest absolute Gasteiger partial charge is 0.319 e. The standard InChI is InChI=1S/C15H10F2N2OS/c1-9-4-5-21-14(9)6-10(8-18)15(20)19-13-3-2-11(16)7-12(13)17/h2-7H,1H3,(H,19,20)/b10-6+. The first-order valence-corrected chi connectivity index (χ1v) is 6.81. The van der Waals surface area contributed by atoms with Crippen LogP contribution >= 0.6 is 11.3 Å². The molecule has 2 aromatic rings. The Morgan fingerprint density at radius 1 is 1.38 bits per heavy atom. The van der Waals surface area contributed by atoms with Crippen LogP contribution in [0.3, 0.4) is 0 Å². The Labute approximate surface area is 124 Å². The molecule has 0 aliphatic carbocycles. The van der Waals surface area contributed by atoms with Gasteiger partial charge in [0, 0.05) is 10.9 Å². The molecule has 6 heteroatoms. The molecule has 0 spiro atoms. The Bertz CT molecular complexity index is 759. The van der Waals surface area contributed by atoms with Gasteiger partial charge in [-0.3, -0.25) is 4.79 Å². The van der Waals surface area contributed by atoms with E-state index in [0.29, 0.717) is 6.07 Å². The number of anilines is 1. The number of amides is 1. The Morgan fingerprint density at radius 2 is 2.14 bits per heavy atom. The average molecular weight is 304 g/mol. The van der Waals surface area contributed by atoms with Crippen molar-refractivity contribution in [3.8, 4) is 6.07 Å². The van der Waals surface area contributed by atoms with E-state index in [4.69, 9.17) is 5.26 Å². The predicted octanol–water partition coefficient (Wildman–Crippen LogP) is 3.88. The van der Waals surface area contributed by atoms with Gasteiger partial charge in [-0.05, 0) is 42.1 Å². The van der Waals surface area contributed by atoms with Gasteiger partial charge in [-0.1, -0.05) is 0 Å². The van der Waals surface area contributed by atoms with E-state index >= 15 is 0 Å². The van der Waals surface area contributed by atoms with E-state index in [9.17, 15) is 13.6 Å². The van der Waals surface area contributed by atoms with Crippen LogP contribution in [0.2, 0.25) is 0 Å². The molecule has 3 nitrogen and oxygen atoms in total. The number of rotatable bonds is 3. The van der Waals surface area contributed by atoms with Gasteiger partial charge in [0.05, 0.1) is 5.69 Å². The summed E-state index contributed by atoms with van der Waals surface area (Å²) in [6, 6.07) is 6.43. The minimum atomic E-state index is -0.895. The second kappa shape index (κ2) is 6.29. The zero-order chi connectivity index (χ0) is 15.4. The quantitative estimate of drug-likeness (QED) is 0.691. The van der Waals surface area contributed by atoms with Crippen molar-refractivity contribution in [2.24, 2.45) is 0 Å². The first kappa shape index (κ1) is 14.9. The lowest BCUT2D eigenvalue weighted by molar-refractivity contribution is -0.112. The van der Waals surface area contributed by atoms with Crippen LogP contribution in [0.5, 0.6) is 0 Å². The molecule has 0 fully saturated rings. The third-order valence-corrected chi connectivity index (χ3v) is 3.69. The van der Waals surface area contributed by atoms with E-state index in [0.717, 1.165) is 22.6 Å². The maximum Gasteiger partial charge on any atom is 0.266 e. The van der Waals surface area contributed by atoms with Crippen molar-refractivity contribution in [3.63, 3.8) is 0 Å². The summed E-state index contributed by atoms with van der Waals surface area (Å²) in [5, 5.41) is 13.1. The molecule has 0 radical (unpaired) electrons. The van der Waals surface area contributed by atoms with Crippen LogP contribution in [0.1, 0.15) is 10.4 Å².